The van der Waals surface area contributed by atoms with Crippen molar-refractivity contribution < 1.29 is 23.0 Å². The van der Waals surface area contributed by atoms with Gasteiger partial charge < -0.3 is 15.3 Å². The fraction of sp³-hybridized carbons (Fsp3) is 0.471. The molecule has 0 spiro atoms. The van der Waals surface area contributed by atoms with Crippen molar-refractivity contribution in [3.05, 3.63) is 46.2 Å². The average molecular weight is 419 g/mol. The summed E-state index contributed by atoms with van der Waals surface area (Å²) in [4.78, 5) is 0. The third kappa shape index (κ3) is 3.69. The molecular formula is C17H18BrF3N2O2. The summed E-state index contributed by atoms with van der Waals surface area (Å²) in [5.74, 6) is -1.24. The lowest BCUT2D eigenvalue weighted by Crippen LogP contribution is -2.41. The predicted octanol–water partition coefficient (Wildman–Crippen LogP) is 4.13. The van der Waals surface area contributed by atoms with Crippen LogP contribution in [0.3, 0.4) is 0 Å². The normalized spacial score (nSPS) is 32.5. The molecule has 0 saturated carbocycles. The maximum atomic E-state index is 13.5. The zero-order valence-electron chi connectivity index (χ0n) is 13.4. The van der Waals surface area contributed by atoms with Gasteiger partial charge in [-0.1, -0.05) is 46.3 Å². The highest BCUT2D eigenvalue weighted by Gasteiger charge is 2.51. The number of hydrogen-bond donors (Lipinski definition) is 2. The van der Waals surface area contributed by atoms with Gasteiger partial charge in [0.05, 0.1) is 12.1 Å². The molecule has 0 radical (unpaired) electrons. The molecule has 1 aliphatic heterocycles. The summed E-state index contributed by atoms with van der Waals surface area (Å²) in [7, 11) is 1.52. The average Bonchev–Trinajstić information content (AvgIpc) is 3.00. The summed E-state index contributed by atoms with van der Waals surface area (Å²) in [5.41, 5.74) is 2.20. The first-order valence-corrected chi connectivity index (χ1v) is 8.67. The molecule has 0 aromatic rings. The second-order valence-corrected chi connectivity index (χ2v) is 7.13. The Balaban J connectivity index is 1.92. The van der Waals surface area contributed by atoms with Crippen molar-refractivity contribution >= 4 is 21.6 Å². The minimum absolute atomic E-state index is 0.0342. The maximum Gasteiger partial charge on any atom is 0.431 e. The van der Waals surface area contributed by atoms with Crippen molar-refractivity contribution in [2.24, 2.45) is 16.9 Å². The summed E-state index contributed by atoms with van der Waals surface area (Å²) in [6.45, 7) is 0. The Morgan fingerprint density at radius 1 is 1.32 bits per heavy atom. The Labute approximate surface area is 151 Å². The van der Waals surface area contributed by atoms with E-state index in [-0.39, 0.29) is 24.2 Å². The predicted molar refractivity (Wildman–Crippen MR) is 92.4 cm³/mol. The summed E-state index contributed by atoms with van der Waals surface area (Å²) in [5, 5.41) is 13.9. The molecule has 0 bridgehead atoms. The Hall–Kier alpha value is -1.54. The second kappa shape index (κ2) is 6.99. The molecule has 0 amide bonds. The van der Waals surface area contributed by atoms with Gasteiger partial charge in [0.15, 0.2) is 0 Å². The third-order valence-electron chi connectivity index (χ3n) is 4.69. The van der Waals surface area contributed by atoms with Crippen molar-refractivity contribution in [1.82, 2.24) is 5.43 Å². The van der Waals surface area contributed by atoms with E-state index in [2.05, 4.69) is 26.5 Å². The molecule has 0 saturated heterocycles. The Morgan fingerprint density at radius 3 is 2.64 bits per heavy atom. The fourth-order valence-corrected chi connectivity index (χ4v) is 3.76. The number of alkyl halides is 3. The quantitative estimate of drug-likeness (QED) is 0.724. The van der Waals surface area contributed by atoms with Crippen LogP contribution in [0.25, 0.3) is 0 Å². The van der Waals surface area contributed by atoms with E-state index >= 15 is 0 Å². The van der Waals surface area contributed by atoms with Crippen LogP contribution in [0.15, 0.2) is 51.3 Å². The molecule has 136 valence electrons. The first-order chi connectivity index (χ1) is 11.8. The minimum atomic E-state index is -4.53. The largest absolute Gasteiger partial charge is 0.512 e. The van der Waals surface area contributed by atoms with E-state index in [1.54, 1.807) is 24.3 Å². The maximum absolute atomic E-state index is 13.5. The van der Waals surface area contributed by atoms with Gasteiger partial charge in [-0.25, -0.2) is 0 Å². The highest BCUT2D eigenvalue weighted by Crippen LogP contribution is 2.40. The van der Waals surface area contributed by atoms with E-state index in [4.69, 9.17) is 4.74 Å². The number of aliphatic hydroxyl groups excluding tert-OH is 1. The van der Waals surface area contributed by atoms with Crippen molar-refractivity contribution in [2.75, 3.05) is 7.11 Å². The smallest absolute Gasteiger partial charge is 0.431 e. The van der Waals surface area contributed by atoms with E-state index in [1.165, 1.54) is 7.11 Å². The molecule has 3 aliphatic rings. The minimum Gasteiger partial charge on any atom is -0.512 e. The molecule has 3 rings (SSSR count). The molecule has 8 heteroatoms. The van der Waals surface area contributed by atoms with Gasteiger partial charge in [0, 0.05) is 29.5 Å². The highest BCUT2D eigenvalue weighted by molar-refractivity contribution is 9.11. The molecule has 4 atom stereocenters. The van der Waals surface area contributed by atoms with E-state index in [0.29, 0.717) is 12.0 Å². The van der Waals surface area contributed by atoms with Crippen molar-refractivity contribution in [2.45, 2.75) is 31.2 Å². The van der Waals surface area contributed by atoms with Crippen LogP contribution in [0.5, 0.6) is 0 Å². The molecule has 1 heterocycles. The summed E-state index contributed by atoms with van der Waals surface area (Å²) >= 11 is 3.33. The van der Waals surface area contributed by atoms with E-state index in [1.807, 2.05) is 6.08 Å². The zero-order valence-corrected chi connectivity index (χ0v) is 15.0. The Morgan fingerprint density at radius 2 is 2.08 bits per heavy atom. The van der Waals surface area contributed by atoms with Gasteiger partial charge in [-0.05, 0) is 12.3 Å². The number of ether oxygens (including phenoxy) is 1. The molecule has 0 fully saturated rings. The fourth-order valence-electron chi connectivity index (χ4n) is 3.42. The van der Waals surface area contributed by atoms with E-state index < -0.39 is 23.8 Å². The van der Waals surface area contributed by atoms with E-state index in [0.717, 1.165) is 4.48 Å². The molecule has 4 unspecified atom stereocenters. The van der Waals surface area contributed by atoms with Gasteiger partial charge in [0.25, 0.3) is 0 Å². The van der Waals surface area contributed by atoms with Gasteiger partial charge in [-0.3, -0.25) is 0 Å². The van der Waals surface area contributed by atoms with Crippen LogP contribution in [0.2, 0.25) is 0 Å². The zero-order chi connectivity index (χ0) is 18.2. The first-order valence-electron chi connectivity index (χ1n) is 7.88. The number of nitrogens with one attached hydrogen (secondary N) is 1. The number of halogens is 4. The van der Waals surface area contributed by atoms with Crippen LogP contribution in [0.4, 0.5) is 13.2 Å². The third-order valence-corrected chi connectivity index (χ3v) is 5.28. The number of nitrogens with zero attached hydrogens (tertiary/aromatic N) is 1. The molecule has 0 aromatic heterocycles. The summed E-state index contributed by atoms with van der Waals surface area (Å²) in [6, 6.07) is -0.731. The van der Waals surface area contributed by atoms with Crippen LogP contribution in [0.1, 0.15) is 12.8 Å². The molecular weight excluding hydrogens is 401 g/mol. The van der Waals surface area contributed by atoms with Gasteiger partial charge in [0.2, 0.25) is 0 Å². The van der Waals surface area contributed by atoms with Gasteiger partial charge >= 0.3 is 6.18 Å². The van der Waals surface area contributed by atoms with Crippen LogP contribution < -0.4 is 5.43 Å². The van der Waals surface area contributed by atoms with Gasteiger partial charge in [0.1, 0.15) is 11.5 Å². The molecule has 25 heavy (non-hydrogen) atoms. The van der Waals surface area contributed by atoms with Crippen molar-refractivity contribution in [3.63, 3.8) is 0 Å². The van der Waals surface area contributed by atoms with Crippen LogP contribution in [-0.2, 0) is 4.74 Å². The van der Waals surface area contributed by atoms with Gasteiger partial charge in [-0.15, -0.1) is 0 Å². The SMILES string of the molecule is COC1C=CC(C2NN=C(C(F)(F)F)C2C2C=CC(Br)=CC2)=C(O)C1. The van der Waals surface area contributed by atoms with E-state index in [9.17, 15) is 18.3 Å². The standard InChI is InChI=1S/C17H18BrF3N2O2/c1-25-11-6-7-12(13(24)8-11)15-14(9-2-4-10(18)5-3-9)16(23-22-15)17(19,20)21/h2,4-7,9,11,14-15,22,24H,3,8H2,1H3. The van der Waals surface area contributed by atoms with Crippen LogP contribution in [-0.4, -0.2) is 36.3 Å². The number of hydrogen-bond acceptors (Lipinski definition) is 4. The topological polar surface area (TPSA) is 53.8 Å². The number of hydrazone groups is 1. The number of rotatable bonds is 3. The van der Waals surface area contributed by atoms with Crippen molar-refractivity contribution in [3.8, 4) is 0 Å². The lowest BCUT2D eigenvalue weighted by Gasteiger charge is -2.31. The highest BCUT2D eigenvalue weighted by atomic mass is 79.9. The Bertz CT molecular complexity index is 694. The second-order valence-electron chi connectivity index (χ2n) is 6.21. The summed E-state index contributed by atoms with van der Waals surface area (Å²) in [6.07, 6.45) is 4.63. The number of aliphatic hydroxyl groups is 1. The van der Waals surface area contributed by atoms with Gasteiger partial charge in [-0.2, -0.15) is 18.3 Å². The number of methoxy groups -OCH3 is 1. The lowest BCUT2D eigenvalue weighted by atomic mass is 9.76. The first kappa shape index (κ1) is 18.3. The monoisotopic (exact) mass is 418 g/mol. The Kier molecular flexibility index (Phi) is 5.11. The molecule has 4 nitrogen and oxygen atoms in total. The van der Waals surface area contributed by atoms with Crippen LogP contribution >= 0.6 is 15.9 Å². The molecule has 2 N–H and O–H groups in total. The molecule has 2 aliphatic carbocycles. The van der Waals surface area contributed by atoms with Crippen molar-refractivity contribution in [1.29, 1.82) is 0 Å². The lowest BCUT2D eigenvalue weighted by molar-refractivity contribution is -0.0630. The summed E-state index contributed by atoms with van der Waals surface area (Å²) < 4.78 is 46.4. The number of allylic oxidation sites excluding steroid dienone is 4. The van der Waals surface area contributed by atoms with Crippen LogP contribution in [0, 0.1) is 11.8 Å². The molecule has 0 aromatic carbocycles.